The minimum Gasteiger partial charge on any atom is -0.484 e. The van der Waals surface area contributed by atoms with E-state index in [-0.39, 0.29) is 6.61 Å². The van der Waals surface area contributed by atoms with Crippen LogP contribution in [0.2, 0.25) is 0 Å². The van der Waals surface area contributed by atoms with Gasteiger partial charge in [-0.05, 0) is 18.6 Å². The fourth-order valence-corrected chi connectivity index (χ4v) is 1.94. The van der Waals surface area contributed by atoms with E-state index < -0.39 is 23.8 Å². The van der Waals surface area contributed by atoms with Crippen LogP contribution in [0.15, 0.2) is 30.3 Å². The topological polar surface area (TPSA) is 95.9 Å². The summed E-state index contributed by atoms with van der Waals surface area (Å²) in [6.45, 7) is 0.736. The molecule has 1 aliphatic rings. The Labute approximate surface area is 121 Å². The number of ether oxygens (including phenoxy) is 1. The minimum atomic E-state index is -1.32. The number of carbonyl (C=O) groups is 3. The van der Waals surface area contributed by atoms with Crippen molar-refractivity contribution in [1.29, 1.82) is 0 Å². The second-order valence-corrected chi connectivity index (χ2v) is 4.64. The number of carboxylic acid groups (broad SMARTS) is 1. The van der Waals surface area contributed by atoms with Crippen molar-refractivity contribution in [3.63, 3.8) is 0 Å². The first-order valence-corrected chi connectivity index (χ1v) is 6.56. The summed E-state index contributed by atoms with van der Waals surface area (Å²) in [6, 6.07) is 7.34. The maximum Gasteiger partial charge on any atom is 0.330 e. The quantitative estimate of drug-likeness (QED) is 0.709. The molecule has 2 N–H and O–H groups in total. The lowest BCUT2D eigenvalue weighted by molar-refractivity contribution is -0.151. The van der Waals surface area contributed by atoms with Crippen LogP contribution in [0, 0.1) is 0 Å². The zero-order chi connectivity index (χ0) is 15.2. The summed E-state index contributed by atoms with van der Waals surface area (Å²) in [4.78, 5) is 36.0. The summed E-state index contributed by atoms with van der Waals surface area (Å²) in [6.07, 6.45) is 0.849. The molecule has 1 saturated heterocycles. The Morgan fingerprint density at radius 1 is 1.24 bits per heavy atom. The average molecular weight is 292 g/mol. The Morgan fingerprint density at radius 2 is 1.90 bits per heavy atom. The number of rotatable bonds is 6. The van der Waals surface area contributed by atoms with Crippen LogP contribution < -0.4 is 10.1 Å². The summed E-state index contributed by atoms with van der Waals surface area (Å²) < 4.78 is 5.18. The van der Waals surface area contributed by atoms with Crippen LogP contribution in [-0.4, -0.2) is 53.5 Å². The third-order valence-electron chi connectivity index (χ3n) is 3.11. The summed E-state index contributed by atoms with van der Waals surface area (Å²) in [5, 5.41) is 11.1. The number of amides is 2. The average Bonchev–Trinajstić information content (AvgIpc) is 2.41. The number of carbonyl (C=O) groups excluding carboxylic acids is 2. The van der Waals surface area contributed by atoms with Gasteiger partial charge in [-0.2, -0.15) is 0 Å². The number of para-hydroxylation sites is 1. The van der Waals surface area contributed by atoms with E-state index in [0.717, 1.165) is 6.42 Å². The first-order valence-electron chi connectivity index (χ1n) is 6.56. The van der Waals surface area contributed by atoms with Crippen molar-refractivity contribution in [3.8, 4) is 5.75 Å². The summed E-state index contributed by atoms with van der Waals surface area (Å²) in [5.74, 6) is -2.26. The van der Waals surface area contributed by atoms with Crippen LogP contribution >= 0.6 is 0 Å². The number of aliphatic carboxylic acids is 1. The molecule has 0 saturated carbocycles. The van der Waals surface area contributed by atoms with Gasteiger partial charge in [0.15, 0.2) is 12.6 Å². The first kappa shape index (κ1) is 15.0. The van der Waals surface area contributed by atoms with Gasteiger partial charge in [0.25, 0.3) is 11.8 Å². The van der Waals surface area contributed by atoms with E-state index in [4.69, 9.17) is 9.84 Å². The van der Waals surface area contributed by atoms with Gasteiger partial charge in [0.05, 0.1) is 0 Å². The van der Waals surface area contributed by atoms with Crippen LogP contribution in [0.1, 0.15) is 6.42 Å². The van der Waals surface area contributed by atoms with Crippen molar-refractivity contribution >= 4 is 17.8 Å². The fraction of sp³-hybridized carbons (Fsp3) is 0.357. The summed E-state index contributed by atoms with van der Waals surface area (Å²) in [5.41, 5.74) is 0. The zero-order valence-corrected chi connectivity index (χ0v) is 11.3. The number of nitrogens with zero attached hydrogens (tertiary/aromatic N) is 1. The molecule has 0 bridgehead atoms. The normalized spacial score (nSPS) is 15.6. The molecule has 1 aliphatic heterocycles. The molecule has 1 aromatic rings. The lowest BCUT2D eigenvalue weighted by Crippen LogP contribution is -2.57. The predicted molar refractivity (Wildman–Crippen MR) is 72.7 cm³/mol. The van der Waals surface area contributed by atoms with Crippen molar-refractivity contribution in [3.05, 3.63) is 30.3 Å². The molecule has 2 rings (SSSR count). The van der Waals surface area contributed by atoms with Gasteiger partial charge in [-0.1, -0.05) is 18.2 Å². The highest BCUT2D eigenvalue weighted by atomic mass is 16.5. The molecule has 0 spiro atoms. The number of carboxylic acids is 1. The Hall–Kier alpha value is -2.41. The number of likely N-dealkylation sites (tertiary alicyclic amines) is 1. The van der Waals surface area contributed by atoms with E-state index >= 15 is 0 Å². The van der Waals surface area contributed by atoms with E-state index in [1.54, 1.807) is 30.3 Å². The van der Waals surface area contributed by atoms with Crippen LogP contribution in [-0.2, 0) is 14.4 Å². The van der Waals surface area contributed by atoms with Crippen LogP contribution in [0.3, 0.4) is 0 Å². The van der Waals surface area contributed by atoms with E-state index in [9.17, 15) is 14.4 Å². The smallest absolute Gasteiger partial charge is 0.330 e. The fourth-order valence-electron chi connectivity index (χ4n) is 1.94. The van der Waals surface area contributed by atoms with Gasteiger partial charge in [-0.25, -0.2) is 4.79 Å². The molecule has 21 heavy (non-hydrogen) atoms. The SMILES string of the molecule is O=C(COc1ccccc1)NC(=O)C(C(=O)O)N1CCC1. The predicted octanol–water partition coefficient (Wildman–Crippen LogP) is -0.133. The third kappa shape index (κ3) is 4.03. The minimum absolute atomic E-state index is 0.345. The largest absolute Gasteiger partial charge is 0.484 e. The molecule has 1 atom stereocenters. The Kier molecular flexibility index (Phi) is 4.89. The molecule has 0 radical (unpaired) electrons. The number of benzene rings is 1. The summed E-state index contributed by atoms with van der Waals surface area (Å²) >= 11 is 0. The Balaban J connectivity index is 1.83. The standard InChI is InChI=1S/C14H16N2O5/c17-11(9-21-10-5-2-1-3-6-10)15-13(18)12(14(19)20)16-7-4-8-16/h1-3,5-6,12H,4,7-9H2,(H,19,20)(H,15,17,18). The van der Waals surface area contributed by atoms with Gasteiger partial charge in [-0.3, -0.25) is 19.8 Å². The van der Waals surface area contributed by atoms with Crippen molar-refractivity contribution in [2.75, 3.05) is 19.7 Å². The van der Waals surface area contributed by atoms with Crippen LogP contribution in [0.5, 0.6) is 5.75 Å². The van der Waals surface area contributed by atoms with E-state index in [1.807, 2.05) is 0 Å². The van der Waals surface area contributed by atoms with E-state index in [0.29, 0.717) is 18.8 Å². The van der Waals surface area contributed by atoms with Gasteiger partial charge in [0.1, 0.15) is 5.75 Å². The number of hydrogen-bond acceptors (Lipinski definition) is 5. The van der Waals surface area contributed by atoms with Crippen molar-refractivity contribution in [2.45, 2.75) is 12.5 Å². The second-order valence-electron chi connectivity index (χ2n) is 4.64. The van der Waals surface area contributed by atoms with Gasteiger partial charge < -0.3 is 9.84 Å². The Morgan fingerprint density at radius 3 is 2.43 bits per heavy atom. The van der Waals surface area contributed by atoms with Gasteiger partial charge in [0.2, 0.25) is 0 Å². The molecule has 1 aromatic carbocycles. The maximum absolute atomic E-state index is 11.8. The van der Waals surface area contributed by atoms with Gasteiger partial charge >= 0.3 is 5.97 Å². The molecule has 2 amide bonds. The molecule has 1 fully saturated rings. The molecule has 1 unspecified atom stereocenters. The highest BCUT2D eigenvalue weighted by molar-refractivity contribution is 6.07. The number of imide groups is 1. The van der Waals surface area contributed by atoms with Gasteiger partial charge in [-0.15, -0.1) is 0 Å². The Bertz CT molecular complexity index is 527. The monoisotopic (exact) mass is 292 g/mol. The lowest BCUT2D eigenvalue weighted by atomic mass is 10.1. The highest BCUT2D eigenvalue weighted by Crippen LogP contribution is 2.12. The molecule has 1 heterocycles. The third-order valence-corrected chi connectivity index (χ3v) is 3.11. The molecule has 0 aliphatic carbocycles. The molecule has 7 heteroatoms. The van der Waals surface area contributed by atoms with Crippen molar-refractivity contribution in [1.82, 2.24) is 10.2 Å². The lowest BCUT2D eigenvalue weighted by Gasteiger charge is -2.34. The molecular formula is C14H16N2O5. The van der Waals surface area contributed by atoms with Crippen molar-refractivity contribution < 1.29 is 24.2 Å². The highest BCUT2D eigenvalue weighted by Gasteiger charge is 2.36. The zero-order valence-electron chi connectivity index (χ0n) is 11.3. The van der Waals surface area contributed by atoms with E-state index in [1.165, 1.54) is 4.90 Å². The molecule has 0 aromatic heterocycles. The molecular weight excluding hydrogens is 276 g/mol. The van der Waals surface area contributed by atoms with Gasteiger partial charge in [0, 0.05) is 13.1 Å². The van der Waals surface area contributed by atoms with Crippen LogP contribution in [0.25, 0.3) is 0 Å². The number of hydrogen-bond donors (Lipinski definition) is 2. The number of nitrogens with one attached hydrogen (secondary N) is 1. The molecule has 7 nitrogen and oxygen atoms in total. The first-order chi connectivity index (χ1) is 10.1. The molecule has 112 valence electrons. The van der Waals surface area contributed by atoms with E-state index in [2.05, 4.69) is 5.32 Å². The second kappa shape index (κ2) is 6.85. The summed E-state index contributed by atoms with van der Waals surface area (Å²) in [7, 11) is 0. The maximum atomic E-state index is 11.8. The van der Waals surface area contributed by atoms with Crippen LogP contribution in [0.4, 0.5) is 0 Å². The van der Waals surface area contributed by atoms with Crippen molar-refractivity contribution in [2.24, 2.45) is 0 Å².